The lowest BCUT2D eigenvalue weighted by atomic mass is 10.1. The molecule has 0 radical (unpaired) electrons. The van der Waals surface area contributed by atoms with Gasteiger partial charge in [0.1, 0.15) is 4.91 Å². The number of aromatic nitrogens is 3. The lowest BCUT2D eigenvalue weighted by Gasteiger charge is -2.23. The SMILES string of the molecule is CCN(CC)c1ccc([N+](=O)[O-])cc1/C=C(/Sc1nnc(-c2ccc(Cl)cc2)n1CC)C(=O)O. The Kier molecular flexibility index (Phi) is 8.30. The van der Waals surface area contributed by atoms with Gasteiger partial charge >= 0.3 is 5.97 Å². The molecule has 2 aromatic carbocycles. The van der Waals surface area contributed by atoms with Gasteiger partial charge in [-0.05, 0) is 68.9 Å². The maximum Gasteiger partial charge on any atom is 0.342 e. The van der Waals surface area contributed by atoms with Crippen LogP contribution in [0.15, 0.2) is 52.5 Å². The van der Waals surface area contributed by atoms with Gasteiger partial charge in [-0.1, -0.05) is 11.6 Å². The first-order valence-electron chi connectivity index (χ1n) is 10.6. The number of benzene rings is 2. The van der Waals surface area contributed by atoms with Crippen LogP contribution in [-0.2, 0) is 11.3 Å². The summed E-state index contributed by atoms with van der Waals surface area (Å²) < 4.78 is 1.81. The highest BCUT2D eigenvalue weighted by atomic mass is 35.5. The number of anilines is 1. The zero-order valence-corrected chi connectivity index (χ0v) is 20.5. The minimum Gasteiger partial charge on any atom is -0.477 e. The fourth-order valence-electron chi connectivity index (χ4n) is 3.46. The van der Waals surface area contributed by atoms with Crippen LogP contribution in [0.4, 0.5) is 11.4 Å². The van der Waals surface area contributed by atoms with E-state index in [2.05, 4.69) is 10.2 Å². The van der Waals surface area contributed by atoms with Gasteiger partial charge in [0.2, 0.25) is 0 Å². The Morgan fingerprint density at radius 1 is 1.18 bits per heavy atom. The van der Waals surface area contributed by atoms with Gasteiger partial charge in [0.15, 0.2) is 11.0 Å². The molecule has 0 saturated heterocycles. The number of hydrogen-bond acceptors (Lipinski definition) is 7. The molecule has 9 nitrogen and oxygen atoms in total. The molecule has 0 spiro atoms. The van der Waals surface area contributed by atoms with Crippen LogP contribution < -0.4 is 4.90 Å². The maximum absolute atomic E-state index is 12.2. The minimum atomic E-state index is -1.17. The van der Waals surface area contributed by atoms with Crippen molar-refractivity contribution in [3.8, 4) is 11.4 Å². The Balaban J connectivity index is 2.06. The first kappa shape index (κ1) is 25.3. The van der Waals surface area contributed by atoms with E-state index in [9.17, 15) is 20.0 Å². The zero-order valence-electron chi connectivity index (χ0n) is 18.9. The van der Waals surface area contributed by atoms with E-state index in [1.54, 1.807) is 18.2 Å². The fraction of sp³-hybridized carbons (Fsp3) is 0.261. The van der Waals surface area contributed by atoms with Gasteiger partial charge < -0.3 is 14.6 Å². The molecule has 0 saturated carbocycles. The van der Waals surface area contributed by atoms with Crippen molar-refractivity contribution in [2.24, 2.45) is 0 Å². The second-order valence-electron chi connectivity index (χ2n) is 7.15. The van der Waals surface area contributed by atoms with Crippen LogP contribution in [0.3, 0.4) is 0 Å². The topological polar surface area (TPSA) is 114 Å². The van der Waals surface area contributed by atoms with Crippen LogP contribution in [0.2, 0.25) is 5.02 Å². The summed E-state index contributed by atoms with van der Waals surface area (Å²) in [6, 6.07) is 11.6. The Hall–Kier alpha value is -3.37. The molecular formula is C23H24ClN5O4S. The van der Waals surface area contributed by atoms with Gasteiger partial charge in [-0.15, -0.1) is 10.2 Å². The van der Waals surface area contributed by atoms with E-state index in [1.807, 2.05) is 42.4 Å². The third-order valence-corrected chi connectivity index (χ3v) is 6.41. The highest BCUT2D eigenvalue weighted by Gasteiger charge is 2.20. The largest absolute Gasteiger partial charge is 0.477 e. The second kappa shape index (κ2) is 11.2. The number of aliphatic carboxylic acids is 1. The molecule has 0 unspecified atom stereocenters. The molecule has 1 aromatic heterocycles. The van der Waals surface area contributed by atoms with Crippen molar-refractivity contribution in [1.82, 2.24) is 14.8 Å². The van der Waals surface area contributed by atoms with Crippen molar-refractivity contribution in [3.63, 3.8) is 0 Å². The maximum atomic E-state index is 12.2. The predicted octanol–water partition coefficient (Wildman–Crippen LogP) is 5.59. The average molecular weight is 502 g/mol. The van der Waals surface area contributed by atoms with E-state index in [0.717, 1.165) is 17.3 Å². The first-order valence-corrected chi connectivity index (χ1v) is 11.8. The third-order valence-electron chi connectivity index (χ3n) is 5.16. The number of nitrogens with zero attached hydrogens (tertiary/aromatic N) is 5. The summed E-state index contributed by atoms with van der Waals surface area (Å²) in [4.78, 5) is 25.0. The normalized spacial score (nSPS) is 11.5. The Labute approximate surface area is 206 Å². The van der Waals surface area contributed by atoms with Crippen molar-refractivity contribution in [2.75, 3.05) is 18.0 Å². The summed E-state index contributed by atoms with van der Waals surface area (Å²) in [6.45, 7) is 7.69. The summed E-state index contributed by atoms with van der Waals surface area (Å²) in [5.74, 6) is -0.578. The van der Waals surface area contributed by atoms with Crippen molar-refractivity contribution in [3.05, 3.63) is 68.1 Å². The van der Waals surface area contributed by atoms with Crippen LogP contribution in [0.5, 0.6) is 0 Å². The first-order chi connectivity index (χ1) is 16.3. The number of carboxylic acid groups (broad SMARTS) is 1. The lowest BCUT2D eigenvalue weighted by Crippen LogP contribution is -2.22. The van der Waals surface area contributed by atoms with Gasteiger partial charge in [0.25, 0.3) is 5.69 Å². The van der Waals surface area contributed by atoms with Gasteiger partial charge in [0, 0.05) is 53.6 Å². The standard InChI is InChI=1S/C23H24ClN5O4S/c1-4-27(5-2)19-12-11-18(29(32)33)13-16(19)14-20(22(30)31)34-23-26-25-21(28(23)6-3)15-7-9-17(24)10-8-15/h7-14H,4-6H2,1-3H3,(H,30,31)/b20-14+. The zero-order chi connectivity index (χ0) is 24.8. The molecule has 0 fully saturated rings. The van der Waals surface area contributed by atoms with Gasteiger partial charge in [-0.25, -0.2) is 4.79 Å². The fourth-order valence-corrected chi connectivity index (χ4v) is 4.46. The number of nitro benzene ring substituents is 1. The second-order valence-corrected chi connectivity index (χ2v) is 8.59. The molecule has 1 N–H and O–H groups in total. The van der Waals surface area contributed by atoms with Crippen molar-refractivity contribution >= 4 is 46.8 Å². The number of hydrogen-bond donors (Lipinski definition) is 1. The van der Waals surface area contributed by atoms with Crippen molar-refractivity contribution in [1.29, 1.82) is 0 Å². The molecule has 0 aliphatic heterocycles. The Bertz CT molecular complexity index is 1220. The monoisotopic (exact) mass is 501 g/mol. The van der Waals surface area contributed by atoms with E-state index in [1.165, 1.54) is 18.2 Å². The van der Waals surface area contributed by atoms with Gasteiger partial charge in [0.05, 0.1) is 4.92 Å². The summed E-state index contributed by atoms with van der Waals surface area (Å²) in [7, 11) is 0. The van der Waals surface area contributed by atoms with E-state index >= 15 is 0 Å². The quantitative estimate of drug-likeness (QED) is 0.165. The molecule has 0 bridgehead atoms. The summed E-state index contributed by atoms with van der Waals surface area (Å²) in [5, 5.41) is 30.7. The number of carboxylic acids is 1. The van der Waals surface area contributed by atoms with E-state index in [4.69, 9.17) is 11.6 Å². The average Bonchev–Trinajstić information content (AvgIpc) is 3.23. The molecule has 1 heterocycles. The van der Waals surface area contributed by atoms with Crippen molar-refractivity contribution < 1.29 is 14.8 Å². The molecule has 0 aliphatic carbocycles. The molecule has 3 aromatic rings. The minimum absolute atomic E-state index is 0.0290. The number of carbonyl (C=O) groups is 1. The van der Waals surface area contributed by atoms with Crippen LogP contribution in [0.1, 0.15) is 26.3 Å². The molecular weight excluding hydrogens is 478 g/mol. The number of non-ortho nitro benzene ring substituents is 1. The van der Waals surface area contributed by atoms with Crippen LogP contribution in [-0.4, -0.2) is 43.9 Å². The smallest absolute Gasteiger partial charge is 0.342 e. The van der Waals surface area contributed by atoms with Gasteiger partial charge in [-0.3, -0.25) is 10.1 Å². The van der Waals surface area contributed by atoms with Gasteiger partial charge in [-0.2, -0.15) is 0 Å². The Morgan fingerprint density at radius 2 is 1.85 bits per heavy atom. The number of thioether (sulfide) groups is 1. The molecule has 178 valence electrons. The number of rotatable bonds is 10. The molecule has 3 rings (SSSR count). The predicted molar refractivity (Wildman–Crippen MR) is 134 cm³/mol. The molecule has 0 amide bonds. The summed E-state index contributed by atoms with van der Waals surface area (Å²) in [6.07, 6.45) is 1.45. The van der Waals surface area contributed by atoms with Crippen molar-refractivity contribution in [2.45, 2.75) is 32.5 Å². The molecule has 11 heteroatoms. The summed E-state index contributed by atoms with van der Waals surface area (Å²) in [5.41, 5.74) is 1.85. The van der Waals surface area contributed by atoms with Crippen LogP contribution >= 0.6 is 23.4 Å². The van der Waals surface area contributed by atoms with E-state index < -0.39 is 10.9 Å². The van der Waals surface area contributed by atoms with E-state index in [-0.39, 0.29) is 10.6 Å². The van der Waals surface area contributed by atoms with Crippen LogP contribution in [0, 0.1) is 10.1 Å². The molecule has 0 aliphatic rings. The number of nitro groups is 1. The molecule has 0 atom stereocenters. The number of halogens is 1. The van der Waals surface area contributed by atoms with E-state index in [0.29, 0.717) is 46.9 Å². The third kappa shape index (κ3) is 5.57. The van der Waals surface area contributed by atoms with Crippen LogP contribution in [0.25, 0.3) is 17.5 Å². The highest BCUT2D eigenvalue weighted by molar-refractivity contribution is 8.04. The molecule has 34 heavy (non-hydrogen) atoms. The lowest BCUT2D eigenvalue weighted by molar-refractivity contribution is -0.384. The summed E-state index contributed by atoms with van der Waals surface area (Å²) >= 11 is 6.93. The Morgan fingerprint density at radius 3 is 2.41 bits per heavy atom. The highest BCUT2D eigenvalue weighted by Crippen LogP contribution is 2.34.